The molecule has 2 N–H and O–H groups in total. The van der Waals surface area contributed by atoms with Crippen LogP contribution in [-0.2, 0) is 10.1 Å². The van der Waals surface area contributed by atoms with Gasteiger partial charge in [-0.2, -0.15) is 8.42 Å². The maximum atomic E-state index is 11.6. The van der Waals surface area contributed by atoms with Crippen LogP contribution < -0.4 is 0 Å². The zero-order chi connectivity index (χ0) is 21.1. The van der Waals surface area contributed by atoms with Gasteiger partial charge in [0.15, 0.2) is 0 Å². The van der Waals surface area contributed by atoms with Gasteiger partial charge in [0.2, 0.25) is 0 Å². The highest BCUT2D eigenvalue weighted by Gasteiger charge is 2.21. The van der Waals surface area contributed by atoms with E-state index in [0.29, 0.717) is 12.8 Å². The van der Waals surface area contributed by atoms with Crippen LogP contribution in [0.2, 0.25) is 0 Å². The largest absolute Gasteiger partial charge is 0.393 e. The van der Waals surface area contributed by atoms with Crippen molar-refractivity contribution < 1.29 is 18.1 Å². The Balaban J connectivity index is 3.64. The van der Waals surface area contributed by atoms with Crippen molar-refractivity contribution in [2.45, 2.75) is 147 Å². The molecule has 0 aliphatic rings. The van der Waals surface area contributed by atoms with Gasteiger partial charge in [0, 0.05) is 0 Å². The molecule has 5 heteroatoms. The maximum absolute atomic E-state index is 11.6. The molecular formula is C23H48O4S. The molecule has 0 spiro atoms. The number of hydrogen-bond donors (Lipinski definition) is 2. The van der Waals surface area contributed by atoms with Gasteiger partial charge >= 0.3 is 0 Å². The highest BCUT2D eigenvalue weighted by atomic mass is 32.2. The highest BCUT2D eigenvalue weighted by molar-refractivity contribution is 7.86. The third-order valence-electron chi connectivity index (χ3n) is 5.76. The monoisotopic (exact) mass is 420 g/mol. The second-order valence-corrected chi connectivity index (χ2v) is 10.2. The summed E-state index contributed by atoms with van der Waals surface area (Å²) in [5.74, 6) is 0. The van der Waals surface area contributed by atoms with E-state index < -0.39 is 15.4 Å². The summed E-state index contributed by atoms with van der Waals surface area (Å²) in [4.78, 5) is 0. The summed E-state index contributed by atoms with van der Waals surface area (Å²) in [6.07, 6.45) is 19.7. The van der Waals surface area contributed by atoms with Gasteiger partial charge in [0.25, 0.3) is 10.1 Å². The van der Waals surface area contributed by atoms with Crippen LogP contribution in [0, 0.1) is 0 Å². The SMILES string of the molecule is CCCCCCCC(CCCCCCCCCC(O)CCCCC)S(=O)(=O)O. The minimum absolute atomic E-state index is 0.120. The zero-order valence-electron chi connectivity index (χ0n) is 18.7. The summed E-state index contributed by atoms with van der Waals surface area (Å²) in [5.41, 5.74) is 0. The molecule has 2 unspecified atom stereocenters. The molecule has 170 valence electrons. The molecule has 28 heavy (non-hydrogen) atoms. The van der Waals surface area contributed by atoms with E-state index in [0.717, 1.165) is 64.2 Å². The number of aliphatic hydroxyl groups excluding tert-OH is 1. The van der Waals surface area contributed by atoms with Gasteiger partial charge in [-0.3, -0.25) is 4.55 Å². The molecule has 4 nitrogen and oxygen atoms in total. The quantitative estimate of drug-likeness (QED) is 0.154. The van der Waals surface area contributed by atoms with Crippen LogP contribution >= 0.6 is 0 Å². The lowest BCUT2D eigenvalue weighted by atomic mass is 10.0. The van der Waals surface area contributed by atoms with E-state index in [1.807, 2.05) is 0 Å². The summed E-state index contributed by atoms with van der Waals surface area (Å²) in [5, 5.41) is 9.33. The Labute approximate surface area is 175 Å². The molecule has 0 fully saturated rings. The normalized spacial score (nSPS) is 14.3. The van der Waals surface area contributed by atoms with Crippen molar-refractivity contribution in [2.24, 2.45) is 0 Å². The number of rotatable bonds is 21. The van der Waals surface area contributed by atoms with Crippen LogP contribution in [0.3, 0.4) is 0 Å². The average Bonchev–Trinajstić information content (AvgIpc) is 2.64. The van der Waals surface area contributed by atoms with Crippen LogP contribution in [0.15, 0.2) is 0 Å². The summed E-state index contributed by atoms with van der Waals surface area (Å²) in [7, 11) is -3.90. The van der Waals surface area contributed by atoms with Crippen LogP contribution in [0.1, 0.15) is 136 Å². The molecular weight excluding hydrogens is 372 g/mol. The Kier molecular flexibility index (Phi) is 18.8. The Bertz CT molecular complexity index is 422. The summed E-state index contributed by atoms with van der Waals surface area (Å²) < 4.78 is 32.6. The van der Waals surface area contributed by atoms with Crippen molar-refractivity contribution in [1.29, 1.82) is 0 Å². The molecule has 0 saturated carbocycles. The molecule has 0 aliphatic heterocycles. The van der Waals surface area contributed by atoms with Gasteiger partial charge in [0.1, 0.15) is 0 Å². The van der Waals surface area contributed by atoms with Crippen molar-refractivity contribution in [2.75, 3.05) is 0 Å². The van der Waals surface area contributed by atoms with E-state index in [9.17, 15) is 18.1 Å². The lowest BCUT2D eigenvalue weighted by Gasteiger charge is -2.13. The minimum Gasteiger partial charge on any atom is -0.393 e. The lowest BCUT2D eigenvalue weighted by Crippen LogP contribution is -2.20. The molecule has 0 heterocycles. The molecule has 0 saturated heterocycles. The Morgan fingerprint density at radius 2 is 0.893 bits per heavy atom. The fourth-order valence-corrected chi connectivity index (χ4v) is 4.76. The highest BCUT2D eigenvalue weighted by Crippen LogP contribution is 2.19. The maximum Gasteiger partial charge on any atom is 0.267 e. The fourth-order valence-electron chi connectivity index (χ4n) is 3.83. The van der Waals surface area contributed by atoms with Gasteiger partial charge in [-0.15, -0.1) is 0 Å². The second-order valence-electron chi connectivity index (χ2n) is 8.54. The zero-order valence-corrected chi connectivity index (χ0v) is 19.5. The number of aliphatic hydroxyl groups is 1. The van der Waals surface area contributed by atoms with Crippen molar-refractivity contribution in [3.8, 4) is 0 Å². The van der Waals surface area contributed by atoms with E-state index in [-0.39, 0.29) is 6.10 Å². The smallest absolute Gasteiger partial charge is 0.267 e. The third-order valence-corrected chi connectivity index (χ3v) is 7.07. The first-order chi connectivity index (χ1) is 13.4. The first kappa shape index (κ1) is 27.9. The molecule has 2 atom stereocenters. The van der Waals surface area contributed by atoms with E-state index >= 15 is 0 Å². The first-order valence-electron chi connectivity index (χ1n) is 12.1. The van der Waals surface area contributed by atoms with E-state index in [1.54, 1.807) is 0 Å². The van der Waals surface area contributed by atoms with Crippen molar-refractivity contribution >= 4 is 10.1 Å². The van der Waals surface area contributed by atoms with E-state index in [4.69, 9.17) is 0 Å². The van der Waals surface area contributed by atoms with Gasteiger partial charge in [-0.1, -0.05) is 110 Å². The van der Waals surface area contributed by atoms with E-state index in [2.05, 4.69) is 13.8 Å². The first-order valence-corrected chi connectivity index (χ1v) is 13.6. The van der Waals surface area contributed by atoms with Crippen LogP contribution in [0.25, 0.3) is 0 Å². The van der Waals surface area contributed by atoms with Crippen LogP contribution in [0.5, 0.6) is 0 Å². The molecule has 0 radical (unpaired) electrons. The van der Waals surface area contributed by atoms with Gasteiger partial charge in [-0.25, -0.2) is 0 Å². The van der Waals surface area contributed by atoms with Gasteiger partial charge < -0.3 is 5.11 Å². The molecule has 0 bridgehead atoms. The molecule has 0 rings (SSSR count). The lowest BCUT2D eigenvalue weighted by molar-refractivity contribution is 0.147. The van der Waals surface area contributed by atoms with Crippen LogP contribution in [0.4, 0.5) is 0 Å². The summed E-state index contributed by atoms with van der Waals surface area (Å²) >= 11 is 0. The molecule has 0 amide bonds. The predicted octanol–water partition coefficient (Wildman–Crippen LogP) is 7.06. The van der Waals surface area contributed by atoms with Crippen LogP contribution in [-0.4, -0.2) is 29.4 Å². The summed E-state index contributed by atoms with van der Waals surface area (Å²) in [6, 6.07) is 0. The Hall–Kier alpha value is -0.130. The summed E-state index contributed by atoms with van der Waals surface area (Å²) in [6.45, 7) is 4.35. The third kappa shape index (κ3) is 17.9. The molecule has 0 aromatic carbocycles. The Morgan fingerprint density at radius 1 is 0.571 bits per heavy atom. The van der Waals surface area contributed by atoms with Gasteiger partial charge in [0.05, 0.1) is 11.4 Å². The topological polar surface area (TPSA) is 74.6 Å². The number of hydrogen-bond acceptors (Lipinski definition) is 3. The second kappa shape index (κ2) is 18.9. The molecule has 0 aromatic heterocycles. The Morgan fingerprint density at radius 3 is 1.32 bits per heavy atom. The standard InChI is InChI=1S/C23H48O4S/c1-3-5-7-11-16-20-23(28(25,26)27)21-17-13-10-8-9-12-15-19-22(24)18-14-6-4-2/h22-24H,3-21H2,1-2H3,(H,25,26,27). The molecule has 0 aliphatic carbocycles. The van der Waals surface area contributed by atoms with Crippen molar-refractivity contribution in [1.82, 2.24) is 0 Å². The van der Waals surface area contributed by atoms with E-state index in [1.165, 1.54) is 44.9 Å². The predicted molar refractivity (Wildman–Crippen MR) is 120 cm³/mol. The van der Waals surface area contributed by atoms with Gasteiger partial charge in [-0.05, 0) is 25.7 Å². The number of unbranched alkanes of at least 4 members (excludes halogenated alkanes) is 12. The average molecular weight is 421 g/mol. The minimum atomic E-state index is -3.90. The van der Waals surface area contributed by atoms with Crippen molar-refractivity contribution in [3.63, 3.8) is 0 Å². The van der Waals surface area contributed by atoms with Crippen molar-refractivity contribution in [3.05, 3.63) is 0 Å². The molecule has 0 aromatic rings. The fraction of sp³-hybridized carbons (Fsp3) is 1.00.